The molecule has 3 rings (SSSR count). The van der Waals surface area contributed by atoms with Crippen molar-refractivity contribution in [2.45, 2.75) is 58.2 Å². The molecule has 2 fully saturated rings. The fourth-order valence-corrected chi connectivity index (χ4v) is 4.29. The highest BCUT2D eigenvalue weighted by Gasteiger charge is 2.20. The van der Waals surface area contributed by atoms with Gasteiger partial charge in [0.2, 0.25) is 0 Å². The summed E-state index contributed by atoms with van der Waals surface area (Å²) in [5, 5.41) is 6.98. The van der Waals surface area contributed by atoms with Crippen molar-refractivity contribution in [2.75, 3.05) is 39.8 Å². The Morgan fingerprint density at radius 2 is 1.70 bits per heavy atom. The van der Waals surface area contributed by atoms with Gasteiger partial charge in [-0.3, -0.25) is 14.8 Å². The molecule has 1 unspecified atom stereocenters. The summed E-state index contributed by atoms with van der Waals surface area (Å²) in [5.41, 5.74) is 2.72. The predicted octanol–water partition coefficient (Wildman–Crippen LogP) is 2.82. The molecule has 0 spiro atoms. The fraction of sp³-hybridized carbons (Fsp3) is 0.682. The zero-order chi connectivity index (χ0) is 18.9. The van der Waals surface area contributed by atoms with E-state index < -0.39 is 0 Å². The van der Waals surface area contributed by atoms with Crippen LogP contribution in [0.3, 0.4) is 0 Å². The lowest BCUT2D eigenvalue weighted by Crippen LogP contribution is -2.48. The molecule has 2 N–H and O–H groups in total. The van der Waals surface area contributed by atoms with Gasteiger partial charge in [-0.2, -0.15) is 0 Å². The summed E-state index contributed by atoms with van der Waals surface area (Å²) in [6.07, 6.45) is 6.68. The van der Waals surface area contributed by atoms with Crippen LogP contribution in [0.1, 0.15) is 50.2 Å². The average Bonchev–Trinajstić information content (AvgIpc) is 3.22. The SMILES string of the molecule is CCN1CCCCC1CNC(=NC)NCc1ccc(CN2CCCC2)cc1. The van der Waals surface area contributed by atoms with E-state index in [1.165, 1.54) is 62.9 Å². The second kappa shape index (κ2) is 10.7. The van der Waals surface area contributed by atoms with Crippen LogP contribution >= 0.6 is 0 Å². The molecule has 1 aromatic carbocycles. The maximum Gasteiger partial charge on any atom is 0.191 e. The van der Waals surface area contributed by atoms with Crippen LogP contribution in [0.5, 0.6) is 0 Å². The van der Waals surface area contributed by atoms with E-state index in [1.54, 1.807) is 0 Å². The summed E-state index contributed by atoms with van der Waals surface area (Å²) in [4.78, 5) is 9.53. The van der Waals surface area contributed by atoms with Gasteiger partial charge in [0.05, 0.1) is 0 Å². The first-order valence-electron chi connectivity index (χ1n) is 10.8. The van der Waals surface area contributed by atoms with Crippen molar-refractivity contribution < 1.29 is 0 Å². The lowest BCUT2D eigenvalue weighted by molar-refractivity contribution is 0.157. The third kappa shape index (κ3) is 6.22. The molecule has 150 valence electrons. The summed E-state index contributed by atoms with van der Waals surface area (Å²) < 4.78 is 0. The number of likely N-dealkylation sites (tertiary alicyclic amines) is 2. The van der Waals surface area contributed by atoms with E-state index in [9.17, 15) is 0 Å². The number of nitrogens with zero attached hydrogens (tertiary/aromatic N) is 3. The Morgan fingerprint density at radius 3 is 2.41 bits per heavy atom. The third-order valence-electron chi connectivity index (χ3n) is 5.97. The highest BCUT2D eigenvalue weighted by Crippen LogP contribution is 2.16. The van der Waals surface area contributed by atoms with Gasteiger partial charge in [0.1, 0.15) is 0 Å². The number of hydrogen-bond donors (Lipinski definition) is 2. The van der Waals surface area contributed by atoms with Crippen LogP contribution in [-0.2, 0) is 13.1 Å². The number of guanidine groups is 1. The molecule has 0 saturated carbocycles. The van der Waals surface area contributed by atoms with Gasteiger partial charge >= 0.3 is 0 Å². The summed E-state index contributed by atoms with van der Waals surface area (Å²) >= 11 is 0. The van der Waals surface area contributed by atoms with Gasteiger partial charge in [-0.1, -0.05) is 37.6 Å². The molecule has 1 atom stereocenters. The minimum Gasteiger partial charge on any atom is -0.355 e. The first kappa shape index (κ1) is 20.2. The topological polar surface area (TPSA) is 42.9 Å². The average molecular weight is 372 g/mol. The molecule has 2 aliphatic heterocycles. The lowest BCUT2D eigenvalue weighted by atomic mass is 10.0. The molecule has 0 amide bonds. The number of aliphatic imine (C=N–C) groups is 1. The molecule has 0 radical (unpaired) electrons. The Balaban J connectivity index is 1.42. The normalized spacial score (nSPS) is 22.1. The molecule has 1 aromatic rings. The quantitative estimate of drug-likeness (QED) is 0.571. The van der Waals surface area contributed by atoms with Crippen molar-refractivity contribution in [1.82, 2.24) is 20.4 Å². The molecule has 27 heavy (non-hydrogen) atoms. The van der Waals surface area contributed by atoms with Crippen molar-refractivity contribution in [1.29, 1.82) is 0 Å². The molecular weight excluding hydrogens is 334 g/mol. The molecular formula is C22H37N5. The molecule has 5 heteroatoms. The minimum atomic E-state index is 0.632. The largest absolute Gasteiger partial charge is 0.355 e. The van der Waals surface area contributed by atoms with Gasteiger partial charge in [0.25, 0.3) is 0 Å². The van der Waals surface area contributed by atoms with Gasteiger partial charge in [0.15, 0.2) is 5.96 Å². The Bertz CT molecular complexity index is 577. The second-order valence-electron chi connectivity index (χ2n) is 7.88. The van der Waals surface area contributed by atoms with Crippen LogP contribution in [-0.4, -0.2) is 61.6 Å². The fourth-order valence-electron chi connectivity index (χ4n) is 4.29. The molecule has 2 heterocycles. The van der Waals surface area contributed by atoms with Crippen molar-refractivity contribution in [2.24, 2.45) is 4.99 Å². The Morgan fingerprint density at radius 1 is 1.00 bits per heavy atom. The first-order chi connectivity index (χ1) is 13.3. The van der Waals surface area contributed by atoms with Crippen molar-refractivity contribution in [3.05, 3.63) is 35.4 Å². The van der Waals surface area contributed by atoms with Crippen LogP contribution in [0.15, 0.2) is 29.3 Å². The Kier molecular flexibility index (Phi) is 7.96. The van der Waals surface area contributed by atoms with Crippen LogP contribution < -0.4 is 10.6 Å². The van der Waals surface area contributed by atoms with E-state index in [0.29, 0.717) is 6.04 Å². The van der Waals surface area contributed by atoms with E-state index in [-0.39, 0.29) is 0 Å². The van der Waals surface area contributed by atoms with E-state index in [1.807, 2.05) is 7.05 Å². The van der Waals surface area contributed by atoms with Gasteiger partial charge < -0.3 is 10.6 Å². The van der Waals surface area contributed by atoms with E-state index in [4.69, 9.17) is 0 Å². The smallest absolute Gasteiger partial charge is 0.191 e. The molecule has 2 saturated heterocycles. The number of nitrogens with one attached hydrogen (secondary N) is 2. The van der Waals surface area contributed by atoms with Crippen molar-refractivity contribution in [3.8, 4) is 0 Å². The second-order valence-corrected chi connectivity index (χ2v) is 7.88. The minimum absolute atomic E-state index is 0.632. The standard InChI is InChI=1S/C22H37N5/c1-3-27-15-5-4-8-21(27)17-25-22(23-2)24-16-19-9-11-20(12-10-19)18-26-13-6-7-14-26/h9-12,21H,3-8,13-18H2,1-2H3,(H2,23,24,25). The maximum absolute atomic E-state index is 4.39. The molecule has 5 nitrogen and oxygen atoms in total. The number of benzene rings is 1. The molecule has 2 aliphatic rings. The van der Waals surface area contributed by atoms with Crippen LogP contribution in [0.25, 0.3) is 0 Å². The van der Waals surface area contributed by atoms with Gasteiger partial charge in [0, 0.05) is 32.7 Å². The highest BCUT2D eigenvalue weighted by atomic mass is 15.2. The summed E-state index contributed by atoms with van der Waals surface area (Å²) in [5.74, 6) is 0.901. The van der Waals surface area contributed by atoms with Crippen molar-refractivity contribution in [3.63, 3.8) is 0 Å². The number of piperidine rings is 1. The monoisotopic (exact) mass is 371 g/mol. The van der Waals surface area contributed by atoms with Crippen LogP contribution in [0.4, 0.5) is 0 Å². The molecule has 0 bridgehead atoms. The summed E-state index contributed by atoms with van der Waals surface area (Å²) in [6.45, 7) is 10.0. The number of rotatable bonds is 7. The third-order valence-corrected chi connectivity index (χ3v) is 5.97. The van der Waals surface area contributed by atoms with E-state index >= 15 is 0 Å². The molecule has 0 aliphatic carbocycles. The van der Waals surface area contributed by atoms with Gasteiger partial charge in [-0.05, 0) is 63.0 Å². The highest BCUT2D eigenvalue weighted by molar-refractivity contribution is 5.79. The first-order valence-corrected chi connectivity index (χ1v) is 10.8. The number of hydrogen-bond acceptors (Lipinski definition) is 3. The lowest BCUT2D eigenvalue weighted by Gasteiger charge is -2.35. The zero-order valence-corrected chi connectivity index (χ0v) is 17.2. The van der Waals surface area contributed by atoms with Crippen LogP contribution in [0.2, 0.25) is 0 Å². The van der Waals surface area contributed by atoms with E-state index in [0.717, 1.165) is 32.1 Å². The maximum atomic E-state index is 4.39. The molecule has 0 aromatic heterocycles. The predicted molar refractivity (Wildman–Crippen MR) is 114 cm³/mol. The van der Waals surface area contributed by atoms with Crippen molar-refractivity contribution >= 4 is 5.96 Å². The van der Waals surface area contributed by atoms with Gasteiger partial charge in [-0.15, -0.1) is 0 Å². The summed E-state index contributed by atoms with van der Waals surface area (Å²) in [7, 11) is 1.85. The number of likely N-dealkylation sites (N-methyl/N-ethyl adjacent to an activating group) is 1. The Labute approximate surface area is 165 Å². The van der Waals surface area contributed by atoms with Gasteiger partial charge in [-0.25, -0.2) is 0 Å². The zero-order valence-electron chi connectivity index (χ0n) is 17.2. The Hall–Kier alpha value is -1.59. The van der Waals surface area contributed by atoms with Crippen LogP contribution in [0, 0.1) is 0 Å². The van der Waals surface area contributed by atoms with E-state index in [2.05, 4.69) is 56.6 Å². The summed E-state index contributed by atoms with van der Waals surface area (Å²) in [6, 6.07) is 9.66.